The highest BCUT2D eigenvalue weighted by Gasteiger charge is 2.32. The molecule has 2 fully saturated rings. The van der Waals surface area contributed by atoms with Crippen LogP contribution in [-0.2, 0) is 13.0 Å². The fourth-order valence-electron chi connectivity index (χ4n) is 5.69. The quantitative estimate of drug-likeness (QED) is 0.512. The van der Waals surface area contributed by atoms with Crippen molar-refractivity contribution in [3.63, 3.8) is 0 Å². The molecular weight excluding hydrogens is 406 g/mol. The first-order chi connectivity index (χ1) is 16.3. The van der Waals surface area contributed by atoms with E-state index in [9.17, 15) is 0 Å². The van der Waals surface area contributed by atoms with Gasteiger partial charge in [-0.05, 0) is 61.6 Å². The topological polar surface area (TPSA) is 19.0 Å². The average molecular weight is 440 g/mol. The number of anilines is 3. The van der Waals surface area contributed by atoms with Crippen LogP contribution in [-0.4, -0.2) is 43.7 Å². The molecule has 0 bridgehead atoms. The van der Waals surface area contributed by atoms with Crippen molar-refractivity contribution in [1.29, 1.82) is 0 Å². The normalized spacial score (nSPS) is 20.3. The van der Waals surface area contributed by atoms with Crippen molar-refractivity contribution in [3.8, 4) is 5.75 Å². The van der Waals surface area contributed by atoms with Gasteiger partial charge in [-0.25, -0.2) is 0 Å². The molecule has 2 saturated heterocycles. The van der Waals surface area contributed by atoms with E-state index in [2.05, 4.69) is 87.5 Å². The SMILES string of the molecule is c1ccc2c(c1)COc1ccccc1N2[C@@H]1CCN(CCc2ccc(N3CCCC3)cc2)C1. The van der Waals surface area contributed by atoms with Crippen LogP contribution in [0.4, 0.5) is 17.1 Å². The van der Waals surface area contributed by atoms with E-state index in [-0.39, 0.29) is 0 Å². The van der Waals surface area contributed by atoms with Gasteiger partial charge in [-0.15, -0.1) is 0 Å². The van der Waals surface area contributed by atoms with Gasteiger partial charge >= 0.3 is 0 Å². The van der Waals surface area contributed by atoms with Crippen LogP contribution in [0, 0.1) is 0 Å². The number of fused-ring (bicyclic) bond motifs is 2. The van der Waals surface area contributed by atoms with Crippen molar-refractivity contribution >= 4 is 17.1 Å². The van der Waals surface area contributed by atoms with Gasteiger partial charge in [0.15, 0.2) is 0 Å². The molecule has 0 N–H and O–H groups in total. The predicted octanol–water partition coefficient (Wildman–Crippen LogP) is 5.63. The second-order valence-corrected chi connectivity index (χ2v) is 9.61. The molecule has 3 aliphatic rings. The molecule has 0 aliphatic carbocycles. The van der Waals surface area contributed by atoms with Gasteiger partial charge in [-0.3, -0.25) is 0 Å². The Kier molecular flexibility index (Phi) is 5.69. The molecule has 170 valence electrons. The first-order valence-corrected chi connectivity index (χ1v) is 12.5. The highest BCUT2D eigenvalue weighted by molar-refractivity contribution is 5.73. The van der Waals surface area contributed by atoms with Crippen molar-refractivity contribution in [2.24, 2.45) is 0 Å². The summed E-state index contributed by atoms with van der Waals surface area (Å²) in [5.74, 6) is 0.991. The molecule has 0 amide bonds. The highest BCUT2D eigenvalue weighted by atomic mass is 16.5. The van der Waals surface area contributed by atoms with Crippen LogP contribution in [0.25, 0.3) is 0 Å². The summed E-state index contributed by atoms with van der Waals surface area (Å²) in [5, 5.41) is 0. The fourth-order valence-corrected chi connectivity index (χ4v) is 5.69. The molecule has 6 rings (SSSR count). The van der Waals surface area contributed by atoms with Crippen molar-refractivity contribution in [2.45, 2.75) is 38.3 Å². The third-order valence-electron chi connectivity index (χ3n) is 7.50. The number of nitrogens with zero attached hydrogens (tertiary/aromatic N) is 3. The maximum atomic E-state index is 6.18. The second-order valence-electron chi connectivity index (χ2n) is 9.61. The maximum absolute atomic E-state index is 6.18. The lowest BCUT2D eigenvalue weighted by Gasteiger charge is -2.32. The Morgan fingerprint density at radius 2 is 1.55 bits per heavy atom. The van der Waals surface area contributed by atoms with Crippen LogP contribution in [0.15, 0.2) is 72.8 Å². The lowest BCUT2D eigenvalue weighted by Crippen LogP contribution is -2.35. The Labute approximate surface area is 197 Å². The molecule has 33 heavy (non-hydrogen) atoms. The summed E-state index contributed by atoms with van der Waals surface area (Å²) in [6.07, 6.45) is 4.95. The average Bonchev–Trinajstić information content (AvgIpc) is 3.53. The third-order valence-corrected chi connectivity index (χ3v) is 7.50. The zero-order valence-electron chi connectivity index (χ0n) is 19.3. The molecule has 3 aromatic carbocycles. The lowest BCUT2D eigenvalue weighted by molar-refractivity contribution is 0.310. The molecule has 4 heteroatoms. The number of rotatable bonds is 5. The van der Waals surface area contributed by atoms with Gasteiger partial charge in [0.2, 0.25) is 0 Å². The number of hydrogen-bond acceptors (Lipinski definition) is 4. The Bertz CT molecular complexity index is 1040. The van der Waals surface area contributed by atoms with Gasteiger partial charge in [0.1, 0.15) is 12.4 Å². The number of ether oxygens (including phenoxy) is 1. The van der Waals surface area contributed by atoms with Crippen molar-refractivity contribution in [2.75, 3.05) is 42.5 Å². The van der Waals surface area contributed by atoms with Crippen molar-refractivity contribution in [1.82, 2.24) is 4.90 Å². The Hall–Kier alpha value is -2.98. The van der Waals surface area contributed by atoms with E-state index in [1.165, 1.54) is 60.5 Å². The summed E-state index contributed by atoms with van der Waals surface area (Å²) >= 11 is 0. The van der Waals surface area contributed by atoms with Crippen LogP contribution in [0.2, 0.25) is 0 Å². The summed E-state index contributed by atoms with van der Waals surface area (Å²) in [5.41, 5.74) is 6.60. The van der Waals surface area contributed by atoms with Crippen molar-refractivity contribution in [3.05, 3.63) is 83.9 Å². The summed E-state index contributed by atoms with van der Waals surface area (Å²) < 4.78 is 6.18. The van der Waals surface area contributed by atoms with E-state index >= 15 is 0 Å². The predicted molar refractivity (Wildman–Crippen MR) is 136 cm³/mol. The van der Waals surface area contributed by atoms with Gasteiger partial charge in [-0.1, -0.05) is 42.5 Å². The number of likely N-dealkylation sites (tertiary alicyclic amines) is 1. The maximum Gasteiger partial charge on any atom is 0.143 e. The summed E-state index contributed by atoms with van der Waals surface area (Å²) in [6.45, 7) is 6.41. The van der Waals surface area contributed by atoms with E-state index in [0.717, 1.165) is 31.8 Å². The Balaban J connectivity index is 1.14. The van der Waals surface area contributed by atoms with Crippen LogP contribution < -0.4 is 14.5 Å². The molecular formula is C29H33N3O. The van der Waals surface area contributed by atoms with Crippen LogP contribution in [0.3, 0.4) is 0 Å². The number of benzene rings is 3. The number of para-hydroxylation sites is 3. The third kappa shape index (κ3) is 4.20. The standard InChI is InChI=1S/C29H33N3O/c1-2-8-27-24(7-1)22-33-29-10-4-3-9-28(29)32(27)26-16-20-30(21-26)19-15-23-11-13-25(14-12-23)31-17-5-6-18-31/h1-4,7-14,26H,5-6,15-22H2/t26-/m1/s1. The van der Waals surface area contributed by atoms with Gasteiger partial charge < -0.3 is 19.4 Å². The van der Waals surface area contributed by atoms with Gasteiger partial charge in [0, 0.05) is 55.7 Å². The molecule has 3 aliphatic heterocycles. The minimum absolute atomic E-state index is 0.464. The smallest absolute Gasteiger partial charge is 0.143 e. The molecule has 0 aromatic heterocycles. The molecule has 0 radical (unpaired) electrons. The van der Waals surface area contributed by atoms with Crippen LogP contribution in [0.1, 0.15) is 30.4 Å². The Morgan fingerprint density at radius 1 is 0.788 bits per heavy atom. The zero-order chi connectivity index (χ0) is 22.0. The lowest BCUT2D eigenvalue weighted by atomic mass is 10.1. The van der Waals surface area contributed by atoms with Gasteiger partial charge in [0.05, 0.1) is 5.69 Å². The van der Waals surface area contributed by atoms with E-state index in [0.29, 0.717) is 12.6 Å². The van der Waals surface area contributed by atoms with Crippen molar-refractivity contribution < 1.29 is 4.74 Å². The van der Waals surface area contributed by atoms with E-state index < -0.39 is 0 Å². The summed E-state index contributed by atoms with van der Waals surface area (Å²) in [7, 11) is 0. The summed E-state index contributed by atoms with van der Waals surface area (Å²) in [6, 6.07) is 27.0. The van der Waals surface area contributed by atoms with Gasteiger partial charge in [0.25, 0.3) is 0 Å². The van der Waals surface area contributed by atoms with E-state index in [4.69, 9.17) is 4.74 Å². The molecule has 3 aromatic rings. The number of hydrogen-bond donors (Lipinski definition) is 0. The zero-order valence-corrected chi connectivity index (χ0v) is 19.3. The summed E-state index contributed by atoms with van der Waals surface area (Å²) in [4.78, 5) is 7.69. The fraction of sp³-hybridized carbons (Fsp3) is 0.379. The molecule has 0 unspecified atom stereocenters. The van der Waals surface area contributed by atoms with Crippen LogP contribution in [0.5, 0.6) is 5.75 Å². The minimum atomic E-state index is 0.464. The van der Waals surface area contributed by atoms with Crippen LogP contribution >= 0.6 is 0 Å². The molecule has 0 spiro atoms. The minimum Gasteiger partial charge on any atom is -0.487 e. The Morgan fingerprint density at radius 3 is 2.39 bits per heavy atom. The monoisotopic (exact) mass is 439 g/mol. The van der Waals surface area contributed by atoms with E-state index in [1.54, 1.807) is 0 Å². The molecule has 4 nitrogen and oxygen atoms in total. The van der Waals surface area contributed by atoms with Gasteiger partial charge in [-0.2, -0.15) is 0 Å². The molecule has 1 atom stereocenters. The molecule has 3 heterocycles. The second kappa shape index (κ2) is 9.11. The largest absolute Gasteiger partial charge is 0.487 e. The molecule has 0 saturated carbocycles. The first-order valence-electron chi connectivity index (χ1n) is 12.5. The first kappa shape index (κ1) is 20.6. The highest BCUT2D eigenvalue weighted by Crippen LogP contribution is 2.42. The van der Waals surface area contributed by atoms with E-state index in [1.807, 2.05) is 0 Å².